The Kier molecular flexibility index (Phi) is 3.82. The molecule has 0 N–H and O–H groups in total. The number of nitrogens with zero attached hydrogens (tertiary/aromatic N) is 2. The van der Waals surface area contributed by atoms with E-state index < -0.39 is 0 Å². The fourth-order valence-corrected chi connectivity index (χ4v) is 2.27. The number of ether oxygens (including phenoxy) is 1. The average molecular weight is 236 g/mol. The van der Waals surface area contributed by atoms with Crippen LogP contribution >= 0.6 is 0 Å². The Balaban J connectivity index is 2.02. The van der Waals surface area contributed by atoms with Crippen LogP contribution in [-0.4, -0.2) is 21.9 Å². The van der Waals surface area contributed by atoms with Gasteiger partial charge in [0, 0.05) is 6.20 Å². The van der Waals surface area contributed by atoms with E-state index in [1.54, 1.807) is 6.20 Å². The summed E-state index contributed by atoms with van der Waals surface area (Å²) >= 11 is 0. The van der Waals surface area contributed by atoms with Crippen molar-refractivity contribution in [2.45, 2.75) is 58.1 Å². The van der Waals surface area contributed by atoms with E-state index in [1.807, 2.05) is 24.7 Å². The maximum Gasteiger partial charge on any atom is 0.341 e. The van der Waals surface area contributed by atoms with Crippen LogP contribution < -0.4 is 0 Å². The Morgan fingerprint density at radius 3 is 2.76 bits per heavy atom. The molecular formula is C13H20N2O2. The van der Waals surface area contributed by atoms with Gasteiger partial charge in [0.2, 0.25) is 0 Å². The van der Waals surface area contributed by atoms with Crippen LogP contribution in [0, 0.1) is 0 Å². The molecule has 0 amide bonds. The molecule has 4 heteroatoms. The number of hydrogen-bond donors (Lipinski definition) is 0. The minimum atomic E-state index is -0.276. The highest BCUT2D eigenvalue weighted by molar-refractivity contribution is 5.88. The summed E-state index contributed by atoms with van der Waals surface area (Å²) < 4.78 is 7.07. The van der Waals surface area contributed by atoms with E-state index in [1.165, 1.54) is 32.1 Å². The summed E-state index contributed by atoms with van der Waals surface area (Å²) in [5, 5.41) is 4.28. The van der Waals surface area contributed by atoms with Gasteiger partial charge >= 0.3 is 5.97 Å². The summed E-state index contributed by atoms with van der Waals surface area (Å²) in [5.41, 5.74) is 0.560. The number of carbonyl (C=O) groups excluding carboxylic acids is 1. The average Bonchev–Trinajstić information content (AvgIpc) is 2.78. The maximum atomic E-state index is 11.7. The minimum absolute atomic E-state index is 0.0828. The largest absolute Gasteiger partial charge is 0.459 e. The fraction of sp³-hybridized carbons (Fsp3) is 0.692. The summed E-state index contributed by atoms with van der Waals surface area (Å²) in [6, 6.07) is 0.462. The van der Waals surface area contributed by atoms with Gasteiger partial charge in [-0.3, -0.25) is 4.68 Å². The van der Waals surface area contributed by atoms with E-state index in [0.29, 0.717) is 11.6 Å². The number of aromatic nitrogens is 2. The van der Waals surface area contributed by atoms with Crippen molar-refractivity contribution in [1.29, 1.82) is 0 Å². The third-order valence-electron chi connectivity index (χ3n) is 3.13. The SMILES string of the molecule is CC(C)OC(=O)c1cnn(C2CCCCC2)c1. The first-order valence-electron chi connectivity index (χ1n) is 6.42. The van der Waals surface area contributed by atoms with Gasteiger partial charge in [-0.05, 0) is 26.7 Å². The lowest BCUT2D eigenvalue weighted by molar-refractivity contribution is 0.0377. The quantitative estimate of drug-likeness (QED) is 0.758. The molecule has 1 aromatic heterocycles. The Morgan fingerprint density at radius 2 is 2.12 bits per heavy atom. The smallest absolute Gasteiger partial charge is 0.341 e. The Morgan fingerprint density at radius 1 is 1.41 bits per heavy atom. The lowest BCUT2D eigenvalue weighted by atomic mass is 9.96. The van der Waals surface area contributed by atoms with Gasteiger partial charge in [0.25, 0.3) is 0 Å². The van der Waals surface area contributed by atoms with Gasteiger partial charge in [-0.1, -0.05) is 19.3 Å². The van der Waals surface area contributed by atoms with E-state index in [2.05, 4.69) is 5.10 Å². The predicted octanol–water partition coefficient (Wildman–Crippen LogP) is 2.95. The lowest BCUT2D eigenvalue weighted by Crippen LogP contribution is -2.13. The second-order valence-electron chi connectivity index (χ2n) is 4.95. The molecule has 0 aliphatic heterocycles. The standard InChI is InChI=1S/C13H20N2O2/c1-10(2)17-13(16)11-8-14-15(9-11)12-6-4-3-5-7-12/h8-10,12H,3-7H2,1-2H3. The molecule has 0 spiro atoms. The molecular weight excluding hydrogens is 216 g/mol. The molecule has 1 saturated carbocycles. The van der Waals surface area contributed by atoms with Gasteiger partial charge in [0.15, 0.2) is 0 Å². The van der Waals surface area contributed by atoms with Crippen molar-refractivity contribution < 1.29 is 9.53 Å². The normalized spacial score (nSPS) is 17.4. The van der Waals surface area contributed by atoms with Crippen molar-refractivity contribution in [2.24, 2.45) is 0 Å². The van der Waals surface area contributed by atoms with Gasteiger partial charge < -0.3 is 4.74 Å². The molecule has 1 aliphatic rings. The van der Waals surface area contributed by atoms with Crippen molar-refractivity contribution in [2.75, 3.05) is 0 Å². The Labute approximate surface area is 102 Å². The van der Waals surface area contributed by atoms with Gasteiger partial charge in [-0.2, -0.15) is 5.10 Å². The van der Waals surface area contributed by atoms with Crippen molar-refractivity contribution in [3.63, 3.8) is 0 Å². The zero-order valence-electron chi connectivity index (χ0n) is 10.6. The van der Waals surface area contributed by atoms with Gasteiger partial charge in [-0.25, -0.2) is 4.79 Å². The van der Waals surface area contributed by atoms with Crippen molar-refractivity contribution >= 4 is 5.97 Å². The highest BCUT2D eigenvalue weighted by atomic mass is 16.5. The van der Waals surface area contributed by atoms with Crippen molar-refractivity contribution in [3.8, 4) is 0 Å². The van der Waals surface area contributed by atoms with E-state index in [0.717, 1.165) is 0 Å². The highest BCUT2D eigenvalue weighted by Crippen LogP contribution is 2.27. The van der Waals surface area contributed by atoms with Crippen LogP contribution in [0.2, 0.25) is 0 Å². The molecule has 0 unspecified atom stereocenters. The zero-order valence-corrected chi connectivity index (χ0v) is 10.6. The first kappa shape index (κ1) is 12.1. The van der Waals surface area contributed by atoms with Crippen molar-refractivity contribution in [3.05, 3.63) is 18.0 Å². The van der Waals surface area contributed by atoms with Gasteiger partial charge in [0.1, 0.15) is 0 Å². The molecule has 1 heterocycles. The molecule has 2 rings (SSSR count). The molecule has 1 aliphatic carbocycles. The molecule has 0 atom stereocenters. The van der Waals surface area contributed by atoms with Crippen LogP contribution in [0.3, 0.4) is 0 Å². The third kappa shape index (κ3) is 3.08. The van der Waals surface area contributed by atoms with E-state index in [9.17, 15) is 4.79 Å². The minimum Gasteiger partial charge on any atom is -0.459 e. The monoisotopic (exact) mass is 236 g/mol. The zero-order chi connectivity index (χ0) is 12.3. The Bertz CT molecular complexity index is 379. The number of esters is 1. The summed E-state index contributed by atoms with van der Waals surface area (Å²) in [7, 11) is 0. The third-order valence-corrected chi connectivity index (χ3v) is 3.13. The molecule has 1 fully saturated rings. The molecule has 0 bridgehead atoms. The predicted molar refractivity (Wildman–Crippen MR) is 64.9 cm³/mol. The molecule has 4 nitrogen and oxygen atoms in total. The number of rotatable bonds is 3. The van der Waals surface area contributed by atoms with E-state index >= 15 is 0 Å². The number of carbonyl (C=O) groups is 1. The van der Waals surface area contributed by atoms with Crippen LogP contribution in [-0.2, 0) is 4.74 Å². The van der Waals surface area contributed by atoms with Crippen LogP contribution in [0.1, 0.15) is 62.4 Å². The van der Waals surface area contributed by atoms with Gasteiger partial charge in [0.05, 0.1) is 23.9 Å². The topological polar surface area (TPSA) is 44.1 Å². The lowest BCUT2D eigenvalue weighted by Gasteiger charge is -2.21. The summed E-state index contributed by atoms with van der Waals surface area (Å²) in [6.07, 6.45) is 9.52. The fourth-order valence-electron chi connectivity index (χ4n) is 2.27. The van der Waals surface area contributed by atoms with Crippen LogP contribution in [0.15, 0.2) is 12.4 Å². The van der Waals surface area contributed by atoms with E-state index in [4.69, 9.17) is 4.74 Å². The summed E-state index contributed by atoms with van der Waals surface area (Å²) in [6.45, 7) is 3.70. The molecule has 94 valence electrons. The second kappa shape index (κ2) is 5.34. The highest BCUT2D eigenvalue weighted by Gasteiger charge is 2.18. The molecule has 0 aromatic carbocycles. The van der Waals surface area contributed by atoms with Gasteiger partial charge in [-0.15, -0.1) is 0 Å². The second-order valence-corrected chi connectivity index (χ2v) is 4.95. The van der Waals surface area contributed by atoms with Crippen LogP contribution in [0.5, 0.6) is 0 Å². The molecule has 1 aromatic rings. The summed E-state index contributed by atoms with van der Waals surface area (Å²) in [4.78, 5) is 11.7. The first-order chi connectivity index (χ1) is 8.16. The van der Waals surface area contributed by atoms with Crippen molar-refractivity contribution in [1.82, 2.24) is 9.78 Å². The van der Waals surface area contributed by atoms with Crippen LogP contribution in [0.25, 0.3) is 0 Å². The number of hydrogen-bond acceptors (Lipinski definition) is 3. The molecule has 17 heavy (non-hydrogen) atoms. The summed E-state index contributed by atoms with van der Waals surface area (Å²) in [5.74, 6) is -0.276. The van der Waals surface area contributed by atoms with Crippen LogP contribution in [0.4, 0.5) is 0 Å². The Hall–Kier alpha value is -1.32. The molecule has 0 saturated heterocycles. The molecule has 0 radical (unpaired) electrons. The first-order valence-corrected chi connectivity index (χ1v) is 6.42. The van der Waals surface area contributed by atoms with E-state index in [-0.39, 0.29) is 12.1 Å². The maximum absolute atomic E-state index is 11.7.